The predicted octanol–water partition coefficient (Wildman–Crippen LogP) is 8.40. The van der Waals surface area contributed by atoms with Crippen molar-refractivity contribution in [3.63, 3.8) is 0 Å². The van der Waals surface area contributed by atoms with Crippen molar-refractivity contribution in [2.75, 3.05) is 0 Å². The zero-order chi connectivity index (χ0) is 21.2. The first-order chi connectivity index (χ1) is 14.1. The van der Waals surface area contributed by atoms with E-state index in [1.807, 2.05) is 31.2 Å². The molecule has 0 saturated carbocycles. The van der Waals surface area contributed by atoms with Gasteiger partial charge in [-0.25, -0.2) is 0 Å². The minimum Gasteiger partial charge on any atom is -0.299 e. The van der Waals surface area contributed by atoms with Crippen molar-refractivity contribution in [2.24, 2.45) is 0 Å². The molecule has 1 rings (SSSR count). The van der Waals surface area contributed by atoms with Gasteiger partial charge in [0.25, 0.3) is 0 Å². The first kappa shape index (κ1) is 25.6. The molecule has 2 nitrogen and oxygen atoms in total. The topological polar surface area (TPSA) is 34.1 Å². The molecule has 29 heavy (non-hydrogen) atoms. The van der Waals surface area contributed by atoms with Gasteiger partial charge in [-0.15, -0.1) is 0 Å². The van der Waals surface area contributed by atoms with Gasteiger partial charge in [0.1, 0.15) is 5.78 Å². The van der Waals surface area contributed by atoms with Crippen LogP contribution >= 0.6 is 0 Å². The predicted molar refractivity (Wildman–Crippen MR) is 125 cm³/mol. The molecule has 0 radical (unpaired) electrons. The number of unbranched alkanes of at least 4 members (excludes halogenated alkanes) is 14. The Morgan fingerprint density at radius 1 is 0.621 bits per heavy atom. The van der Waals surface area contributed by atoms with Crippen LogP contribution in [0.5, 0.6) is 0 Å². The van der Waals surface area contributed by atoms with Crippen LogP contribution in [0.15, 0.2) is 24.3 Å². The first-order valence-corrected chi connectivity index (χ1v) is 12.2. The van der Waals surface area contributed by atoms with Crippen molar-refractivity contribution < 1.29 is 9.59 Å². The summed E-state index contributed by atoms with van der Waals surface area (Å²) < 4.78 is 0. The van der Waals surface area contributed by atoms with Crippen LogP contribution in [-0.2, 0) is 4.79 Å². The number of aryl methyl sites for hydroxylation is 1. The third-order valence-corrected chi connectivity index (χ3v) is 5.79. The normalized spacial score (nSPS) is 11.0. The summed E-state index contributed by atoms with van der Waals surface area (Å²) in [7, 11) is 0. The Labute approximate surface area is 179 Å². The molecule has 0 atom stereocenters. The van der Waals surface area contributed by atoms with E-state index in [0.29, 0.717) is 12.0 Å². The van der Waals surface area contributed by atoms with Gasteiger partial charge in [0.05, 0.1) is 6.42 Å². The summed E-state index contributed by atoms with van der Waals surface area (Å²) >= 11 is 0. The van der Waals surface area contributed by atoms with Crippen LogP contribution in [0.4, 0.5) is 0 Å². The monoisotopic (exact) mass is 400 g/mol. The summed E-state index contributed by atoms with van der Waals surface area (Å²) in [5.74, 6) is 0.0428. The molecule has 164 valence electrons. The molecule has 0 spiro atoms. The maximum atomic E-state index is 12.1. The van der Waals surface area contributed by atoms with Gasteiger partial charge >= 0.3 is 0 Å². The van der Waals surface area contributed by atoms with E-state index in [0.717, 1.165) is 18.4 Å². The number of Topliss-reactive ketones (excluding diaryl/α,β-unsaturated/α-hetero) is 2. The Kier molecular flexibility index (Phi) is 15.4. The second-order valence-electron chi connectivity index (χ2n) is 8.70. The van der Waals surface area contributed by atoms with E-state index < -0.39 is 0 Å². The summed E-state index contributed by atoms with van der Waals surface area (Å²) in [5, 5.41) is 0. The fourth-order valence-electron chi connectivity index (χ4n) is 3.80. The molecular weight excluding hydrogens is 356 g/mol. The van der Waals surface area contributed by atoms with E-state index in [-0.39, 0.29) is 18.0 Å². The lowest BCUT2D eigenvalue weighted by Gasteiger charge is -2.04. The number of ketones is 2. The van der Waals surface area contributed by atoms with Crippen molar-refractivity contribution in [1.82, 2.24) is 0 Å². The second-order valence-corrected chi connectivity index (χ2v) is 8.70. The van der Waals surface area contributed by atoms with E-state index in [1.165, 1.54) is 83.5 Å². The smallest absolute Gasteiger partial charge is 0.170 e. The molecule has 0 bridgehead atoms. The van der Waals surface area contributed by atoms with Gasteiger partial charge in [-0.3, -0.25) is 9.59 Å². The van der Waals surface area contributed by atoms with E-state index >= 15 is 0 Å². The van der Waals surface area contributed by atoms with Crippen molar-refractivity contribution in [3.8, 4) is 0 Å². The average molecular weight is 401 g/mol. The van der Waals surface area contributed by atoms with Gasteiger partial charge in [0.15, 0.2) is 5.78 Å². The highest BCUT2D eigenvalue weighted by Crippen LogP contribution is 2.14. The molecule has 0 unspecified atom stereocenters. The summed E-state index contributed by atoms with van der Waals surface area (Å²) in [6, 6.07) is 7.48. The molecule has 1 aromatic carbocycles. The summed E-state index contributed by atoms with van der Waals surface area (Å²) in [6.07, 6.45) is 20.5. The van der Waals surface area contributed by atoms with E-state index in [1.54, 1.807) is 0 Å². The Morgan fingerprint density at radius 2 is 1.03 bits per heavy atom. The third-order valence-electron chi connectivity index (χ3n) is 5.79. The summed E-state index contributed by atoms with van der Waals surface area (Å²) in [5.41, 5.74) is 1.78. The van der Waals surface area contributed by atoms with Crippen LogP contribution in [0.25, 0.3) is 0 Å². The van der Waals surface area contributed by atoms with E-state index in [2.05, 4.69) is 6.92 Å². The Balaban J connectivity index is 1.87. The zero-order valence-electron chi connectivity index (χ0n) is 19.1. The van der Waals surface area contributed by atoms with Crippen molar-refractivity contribution in [1.29, 1.82) is 0 Å². The van der Waals surface area contributed by atoms with Crippen LogP contribution in [0, 0.1) is 6.92 Å². The van der Waals surface area contributed by atoms with E-state index in [9.17, 15) is 9.59 Å². The highest BCUT2D eigenvalue weighted by atomic mass is 16.1. The molecule has 0 saturated heterocycles. The largest absolute Gasteiger partial charge is 0.299 e. The van der Waals surface area contributed by atoms with Crippen LogP contribution in [0.1, 0.15) is 132 Å². The number of carbonyl (C=O) groups is 2. The minimum absolute atomic E-state index is 0.0454. The Morgan fingerprint density at radius 3 is 1.48 bits per heavy atom. The minimum atomic E-state index is -0.0454. The van der Waals surface area contributed by atoms with Gasteiger partial charge in [-0.1, -0.05) is 127 Å². The fourth-order valence-corrected chi connectivity index (χ4v) is 3.80. The molecule has 0 fully saturated rings. The number of carbonyl (C=O) groups excluding carboxylic acids is 2. The highest BCUT2D eigenvalue weighted by Gasteiger charge is 2.11. The maximum Gasteiger partial charge on any atom is 0.170 e. The molecule has 0 aliphatic rings. The van der Waals surface area contributed by atoms with Crippen LogP contribution < -0.4 is 0 Å². The molecule has 0 aliphatic carbocycles. The molecular formula is C27H44O2. The first-order valence-electron chi connectivity index (χ1n) is 12.2. The molecule has 0 aliphatic heterocycles. The fraction of sp³-hybridized carbons (Fsp3) is 0.704. The van der Waals surface area contributed by atoms with Crippen LogP contribution in [0.2, 0.25) is 0 Å². The molecule has 0 aromatic heterocycles. The van der Waals surface area contributed by atoms with Gasteiger partial charge < -0.3 is 0 Å². The second kappa shape index (κ2) is 17.4. The number of hydrogen-bond donors (Lipinski definition) is 0. The Bertz CT molecular complexity index is 544. The van der Waals surface area contributed by atoms with Gasteiger partial charge in [-0.05, 0) is 13.3 Å². The van der Waals surface area contributed by atoms with Crippen LogP contribution in [0.3, 0.4) is 0 Å². The van der Waals surface area contributed by atoms with Crippen molar-refractivity contribution >= 4 is 11.6 Å². The number of benzene rings is 1. The van der Waals surface area contributed by atoms with Gasteiger partial charge in [-0.2, -0.15) is 0 Å². The van der Waals surface area contributed by atoms with Crippen molar-refractivity contribution in [3.05, 3.63) is 35.4 Å². The number of rotatable bonds is 19. The van der Waals surface area contributed by atoms with Crippen LogP contribution in [-0.4, -0.2) is 11.6 Å². The molecule has 1 aromatic rings. The van der Waals surface area contributed by atoms with Gasteiger partial charge in [0.2, 0.25) is 0 Å². The SMILES string of the molecule is CCCCCCCCCCCCCCCCCC(=O)CC(=O)c1ccc(C)cc1. The van der Waals surface area contributed by atoms with E-state index in [4.69, 9.17) is 0 Å². The summed E-state index contributed by atoms with van der Waals surface area (Å²) in [4.78, 5) is 24.1. The highest BCUT2D eigenvalue weighted by molar-refractivity contribution is 6.07. The third kappa shape index (κ3) is 14.2. The quantitative estimate of drug-likeness (QED) is 0.133. The molecule has 0 N–H and O–H groups in total. The lowest BCUT2D eigenvalue weighted by atomic mass is 10.0. The average Bonchev–Trinajstić information content (AvgIpc) is 2.71. The summed E-state index contributed by atoms with van der Waals surface area (Å²) in [6.45, 7) is 4.27. The lowest BCUT2D eigenvalue weighted by molar-refractivity contribution is -0.118. The standard InChI is InChI=1S/C27H44O2/c1-3-4-5-6-7-8-9-10-11-12-13-14-15-16-17-18-26(28)23-27(29)25-21-19-24(2)20-22-25/h19-22H,3-18,23H2,1-2H3. The number of hydrogen-bond acceptors (Lipinski definition) is 2. The zero-order valence-corrected chi connectivity index (χ0v) is 19.1. The molecule has 0 heterocycles. The van der Waals surface area contributed by atoms with Gasteiger partial charge in [0, 0.05) is 12.0 Å². The van der Waals surface area contributed by atoms with Crippen molar-refractivity contribution in [2.45, 2.75) is 123 Å². The molecule has 2 heteroatoms. The molecule has 0 amide bonds. The lowest BCUT2D eigenvalue weighted by Crippen LogP contribution is -2.08. The Hall–Kier alpha value is -1.44. The maximum absolute atomic E-state index is 12.1.